The number of benzene rings is 2. The van der Waals surface area contributed by atoms with Gasteiger partial charge in [0.05, 0.1) is 10.6 Å². The van der Waals surface area contributed by atoms with E-state index in [9.17, 15) is 30.4 Å². The van der Waals surface area contributed by atoms with Crippen LogP contribution in [0.5, 0.6) is 11.5 Å². The van der Waals surface area contributed by atoms with E-state index in [1.165, 1.54) is 29.7 Å². The molecule has 1 aliphatic heterocycles. The Bertz CT molecular complexity index is 1340. The molecule has 11 nitrogen and oxygen atoms in total. The third-order valence-corrected chi connectivity index (χ3v) is 9.46. The monoisotopic (exact) mass is 582 g/mol. The van der Waals surface area contributed by atoms with Crippen molar-refractivity contribution in [1.82, 2.24) is 19.0 Å². The number of carbonyl (C=O) groups excluding carboxylic acids is 1. The fourth-order valence-corrected chi connectivity index (χ4v) is 6.84. The van der Waals surface area contributed by atoms with Crippen molar-refractivity contribution in [2.45, 2.75) is 10.9 Å². The molecule has 1 aliphatic rings. The number of nitrogens with one attached hydrogen (secondary N) is 1. The number of piperazine rings is 1. The average molecular weight is 583 g/mol. The van der Waals surface area contributed by atoms with Crippen LogP contribution < -0.4 is 10.2 Å². The number of ether oxygens (including phenoxy) is 1. The first-order chi connectivity index (χ1) is 17.3. The first kappa shape index (κ1) is 29.2. The summed E-state index contributed by atoms with van der Waals surface area (Å²) in [6, 6.07) is 4.92. The Labute approximate surface area is 218 Å². The third-order valence-electron chi connectivity index (χ3n) is 5.51. The summed E-state index contributed by atoms with van der Waals surface area (Å²) in [6.07, 6.45) is 0. The van der Waals surface area contributed by atoms with E-state index in [2.05, 4.69) is 0 Å². The fraction of sp³-hybridized carbons (Fsp3) is 0.381. The second-order valence-corrected chi connectivity index (χ2v) is 12.8. The maximum absolute atomic E-state index is 14.8. The highest BCUT2D eigenvalue weighted by Crippen LogP contribution is 2.32. The Kier molecular flexibility index (Phi) is 9.10. The van der Waals surface area contributed by atoms with Crippen LogP contribution in [0, 0.1) is 11.6 Å². The molecular formula is C21H25ClF2N4O7S2. The molecule has 1 atom stereocenters. The number of hydroxylamine groups is 1. The van der Waals surface area contributed by atoms with E-state index in [1.54, 1.807) is 19.0 Å². The van der Waals surface area contributed by atoms with Crippen LogP contribution in [0.2, 0.25) is 5.02 Å². The zero-order chi connectivity index (χ0) is 27.5. The molecule has 0 radical (unpaired) electrons. The minimum atomic E-state index is -4.72. The molecule has 1 amide bonds. The number of sulfonamides is 2. The Morgan fingerprint density at radius 2 is 1.73 bits per heavy atom. The van der Waals surface area contributed by atoms with Crippen molar-refractivity contribution in [3.8, 4) is 11.5 Å². The summed E-state index contributed by atoms with van der Waals surface area (Å²) < 4.78 is 88.2. The number of halogens is 3. The molecule has 1 heterocycles. The summed E-state index contributed by atoms with van der Waals surface area (Å²) in [5.74, 6) is -4.97. The standard InChI is InChI=1S/C21H25ClF2N4O7S2/c1-26(2)9-10-36(31,32)27-7-8-28(19(13-27)21(29)25-30)37(33,34)16-11-17(23)20(18(24)12-16)35-15-5-3-14(22)4-6-15/h3-6,11-12,19,30H,7-10,13H2,1-2H3,(H,25,29)/t19-/m0/s1. The molecule has 3 rings (SSSR count). The second kappa shape index (κ2) is 11.6. The van der Waals surface area contributed by atoms with Crippen LogP contribution >= 0.6 is 11.6 Å². The van der Waals surface area contributed by atoms with Gasteiger partial charge in [0.15, 0.2) is 17.4 Å². The molecule has 16 heteroatoms. The fourth-order valence-electron chi connectivity index (χ4n) is 3.54. The molecule has 0 unspecified atom stereocenters. The van der Waals surface area contributed by atoms with Crippen LogP contribution in [0.25, 0.3) is 0 Å². The molecule has 2 N–H and O–H groups in total. The maximum atomic E-state index is 14.8. The van der Waals surface area contributed by atoms with E-state index < -0.39 is 67.4 Å². The molecule has 2 aromatic carbocycles. The molecule has 2 aromatic rings. The Hall–Kier alpha value is -2.40. The highest BCUT2D eigenvalue weighted by atomic mass is 35.5. The van der Waals surface area contributed by atoms with Crippen molar-refractivity contribution in [1.29, 1.82) is 0 Å². The number of hydrogen-bond acceptors (Lipinski definition) is 8. The number of carbonyl (C=O) groups is 1. The van der Waals surface area contributed by atoms with Gasteiger partial charge in [0.2, 0.25) is 20.0 Å². The Morgan fingerprint density at radius 3 is 2.27 bits per heavy atom. The van der Waals surface area contributed by atoms with E-state index in [-0.39, 0.29) is 24.6 Å². The molecule has 1 fully saturated rings. The van der Waals surface area contributed by atoms with Crippen LogP contribution in [0.4, 0.5) is 8.78 Å². The molecule has 0 aliphatic carbocycles. The predicted octanol–water partition coefficient (Wildman–Crippen LogP) is 1.48. The summed E-state index contributed by atoms with van der Waals surface area (Å²) >= 11 is 5.77. The molecule has 204 valence electrons. The third kappa shape index (κ3) is 6.73. The first-order valence-electron chi connectivity index (χ1n) is 10.8. The van der Waals surface area contributed by atoms with Crippen molar-refractivity contribution >= 4 is 37.6 Å². The number of nitrogens with zero attached hydrogens (tertiary/aromatic N) is 3. The van der Waals surface area contributed by atoms with Crippen LogP contribution in [0.1, 0.15) is 0 Å². The minimum Gasteiger partial charge on any atom is -0.451 e. The number of amides is 1. The molecule has 0 aromatic heterocycles. The highest BCUT2D eigenvalue weighted by Gasteiger charge is 2.43. The maximum Gasteiger partial charge on any atom is 0.263 e. The van der Waals surface area contributed by atoms with Crippen LogP contribution in [-0.2, 0) is 24.8 Å². The molecular weight excluding hydrogens is 558 g/mol. The highest BCUT2D eigenvalue weighted by molar-refractivity contribution is 7.89. The van der Waals surface area contributed by atoms with Crippen molar-refractivity contribution in [2.75, 3.05) is 46.0 Å². The van der Waals surface area contributed by atoms with E-state index in [0.717, 1.165) is 4.31 Å². The predicted molar refractivity (Wildman–Crippen MR) is 129 cm³/mol. The lowest BCUT2D eigenvalue weighted by Gasteiger charge is -2.38. The molecule has 37 heavy (non-hydrogen) atoms. The average Bonchev–Trinajstić information content (AvgIpc) is 2.85. The number of rotatable bonds is 9. The van der Waals surface area contributed by atoms with Gasteiger partial charge < -0.3 is 9.64 Å². The second-order valence-electron chi connectivity index (χ2n) is 8.36. The van der Waals surface area contributed by atoms with Crippen molar-refractivity contribution in [3.05, 3.63) is 53.1 Å². The summed E-state index contributed by atoms with van der Waals surface area (Å²) in [7, 11) is -5.25. The molecule has 1 saturated heterocycles. The van der Waals surface area contributed by atoms with Crippen molar-refractivity contribution in [3.63, 3.8) is 0 Å². The number of hydrogen-bond donors (Lipinski definition) is 2. The van der Waals surface area contributed by atoms with E-state index in [1.807, 2.05) is 0 Å². The van der Waals surface area contributed by atoms with Gasteiger partial charge in [0.25, 0.3) is 5.91 Å². The van der Waals surface area contributed by atoms with Crippen LogP contribution in [-0.4, -0.2) is 93.5 Å². The SMILES string of the molecule is CN(C)CCS(=O)(=O)N1CCN(S(=O)(=O)c2cc(F)c(Oc3ccc(Cl)cc3)c(F)c2)[C@H](C(=O)NO)C1. The van der Waals surface area contributed by atoms with Crippen LogP contribution in [0.15, 0.2) is 41.3 Å². The lowest BCUT2D eigenvalue weighted by Crippen LogP contribution is -2.61. The lowest BCUT2D eigenvalue weighted by atomic mass is 10.2. The topological polar surface area (TPSA) is 137 Å². The van der Waals surface area contributed by atoms with Gasteiger partial charge in [-0.3, -0.25) is 10.0 Å². The van der Waals surface area contributed by atoms with Gasteiger partial charge in [-0.1, -0.05) is 11.6 Å². The molecule has 0 bridgehead atoms. The van der Waals surface area contributed by atoms with Crippen LogP contribution in [0.3, 0.4) is 0 Å². The largest absolute Gasteiger partial charge is 0.451 e. The van der Waals surface area contributed by atoms with Gasteiger partial charge >= 0.3 is 0 Å². The zero-order valence-corrected chi connectivity index (χ0v) is 22.2. The molecule has 0 spiro atoms. The first-order valence-corrected chi connectivity index (χ1v) is 14.2. The van der Waals surface area contributed by atoms with Gasteiger partial charge in [0.1, 0.15) is 11.8 Å². The Balaban J connectivity index is 1.90. The van der Waals surface area contributed by atoms with E-state index in [4.69, 9.17) is 21.5 Å². The van der Waals surface area contributed by atoms with Crippen molar-refractivity contribution < 1.29 is 40.4 Å². The Morgan fingerprint density at radius 1 is 1.14 bits per heavy atom. The normalized spacial score (nSPS) is 17.6. The summed E-state index contributed by atoms with van der Waals surface area (Å²) in [5.41, 5.74) is 1.32. The van der Waals surface area contributed by atoms with Gasteiger partial charge in [-0.05, 0) is 50.5 Å². The van der Waals surface area contributed by atoms with E-state index in [0.29, 0.717) is 21.5 Å². The van der Waals surface area contributed by atoms with Gasteiger partial charge in [-0.2, -0.15) is 8.61 Å². The molecule has 0 saturated carbocycles. The van der Waals surface area contributed by atoms with Gasteiger partial charge in [0, 0.05) is 31.2 Å². The minimum absolute atomic E-state index is 0.0455. The van der Waals surface area contributed by atoms with Gasteiger partial charge in [-0.25, -0.2) is 31.1 Å². The summed E-state index contributed by atoms with van der Waals surface area (Å²) in [5, 5.41) is 9.51. The summed E-state index contributed by atoms with van der Waals surface area (Å²) in [6.45, 7) is -1.24. The van der Waals surface area contributed by atoms with Gasteiger partial charge in [-0.15, -0.1) is 0 Å². The smallest absolute Gasteiger partial charge is 0.263 e. The zero-order valence-electron chi connectivity index (χ0n) is 19.8. The quantitative estimate of drug-likeness (QED) is 0.335. The lowest BCUT2D eigenvalue weighted by molar-refractivity contribution is -0.134. The van der Waals surface area contributed by atoms with E-state index >= 15 is 0 Å². The van der Waals surface area contributed by atoms with Crippen molar-refractivity contribution in [2.24, 2.45) is 0 Å². The summed E-state index contributed by atoms with van der Waals surface area (Å²) in [4.78, 5) is 13.1.